The lowest BCUT2D eigenvalue weighted by atomic mass is 9.99. The molecule has 2 aromatic carbocycles. The van der Waals surface area contributed by atoms with Crippen LogP contribution in [0.25, 0.3) is 28.1 Å². The highest BCUT2D eigenvalue weighted by Gasteiger charge is 2.35. The molecular formula is C33H29ClF5N7O4. The van der Waals surface area contributed by atoms with Crippen molar-refractivity contribution in [1.29, 1.82) is 0 Å². The summed E-state index contributed by atoms with van der Waals surface area (Å²) in [5, 5.41) is 14.0. The number of aromatic amines is 1. The third kappa shape index (κ3) is 7.93. The monoisotopic (exact) mass is 717 g/mol. The van der Waals surface area contributed by atoms with Gasteiger partial charge in [0, 0.05) is 42.0 Å². The SMILES string of the molecule is Fc1cc(Cl)ccc1COc1cc(C2=CCN(Cc3nc4cc(-c5nnc(C(F)(F)F)[nH]5)cnc4n3C[C@@H]3CCO3)CC2)ccc1F.O=CO. The van der Waals surface area contributed by atoms with Crippen molar-refractivity contribution in [1.82, 2.24) is 34.6 Å². The molecule has 0 saturated carbocycles. The molecule has 5 aromatic rings. The molecular weight excluding hydrogens is 689 g/mol. The van der Waals surface area contributed by atoms with E-state index in [0.29, 0.717) is 55.9 Å². The van der Waals surface area contributed by atoms with Crippen LogP contribution in [0.1, 0.15) is 35.6 Å². The average Bonchev–Trinajstić information content (AvgIpc) is 3.69. The number of alkyl halides is 3. The molecule has 0 radical (unpaired) electrons. The quantitative estimate of drug-likeness (QED) is 0.129. The zero-order chi connectivity index (χ0) is 35.4. The van der Waals surface area contributed by atoms with Gasteiger partial charge in [0.15, 0.2) is 23.0 Å². The molecule has 3 aromatic heterocycles. The molecule has 1 atom stereocenters. The van der Waals surface area contributed by atoms with Crippen molar-refractivity contribution < 1.29 is 41.3 Å². The highest BCUT2D eigenvalue weighted by molar-refractivity contribution is 6.30. The summed E-state index contributed by atoms with van der Waals surface area (Å²) in [6.07, 6.45) is 0.487. The van der Waals surface area contributed by atoms with E-state index in [1.165, 1.54) is 24.4 Å². The van der Waals surface area contributed by atoms with Crippen molar-refractivity contribution in [2.45, 2.75) is 44.8 Å². The molecule has 5 heterocycles. The topological polar surface area (TPSA) is 131 Å². The second-order valence-electron chi connectivity index (χ2n) is 11.5. The van der Waals surface area contributed by atoms with Crippen LogP contribution >= 0.6 is 11.6 Å². The fraction of sp³-hybridized carbons (Fsp3) is 0.303. The van der Waals surface area contributed by atoms with E-state index in [2.05, 4.69) is 31.1 Å². The van der Waals surface area contributed by atoms with E-state index in [1.807, 2.05) is 4.57 Å². The molecule has 2 aliphatic rings. The second-order valence-corrected chi connectivity index (χ2v) is 11.9. The highest BCUT2D eigenvalue weighted by atomic mass is 35.5. The number of pyridine rings is 1. The molecule has 17 heteroatoms. The minimum Gasteiger partial charge on any atom is -0.486 e. The van der Waals surface area contributed by atoms with Crippen LogP contribution in [0.2, 0.25) is 5.02 Å². The van der Waals surface area contributed by atoms with Crippen LogP contribution in [0.4, 0.5) is 22.0 Å². The lowest BCUT2D eigenvalue weighted by Crippen LogP contribution is -2.33. The summed E-state index contributed by atoms with van der Waals surface area (Å²) in [4.78, 5) is 22.1. The van der Waals surface area contributed by atoms with Gasteiger partial charge in [0.05, 0.1) is 19.2 Å². The number of H-pyrrole nitrogens is 1. The van der Waals surface area contributed by atoms with E-state index < -0.39 is 23.6 Å². The van der Waals surface area contributed by atoms with Gasteiger partial charge in [-0.2, -0.15) is 13.2 Å². The van der Waals surface area contributed by atoms with Gasteiger partial charge in [-0.15, -0.1) is 10.2 Å². The lowest BCUT2D eigenvalue weighted by Gasteiger charge is -2.29. The lowest BCUT2D eigenvalue weighted by molar-refractivity contribution is -0.144. The Morgan fingerprint density at radius 1 is 1.10 bits per heavy atom. The summed E-state index contributed by atoms with van der Waals surface area (Å²) >= 11 is 5.82. The number of nitrogens with zero attached hydrogens (tertiary/aromatic N) is 6. The Morgan fingerprint density at radius 3 is 2.56 bits per heavy atom. The fourth-order valence-electron chi connectivity index (χ4n) is 5.58. The maximum Gasteiger partial charge on any atom is 0.451 e. The van der Waals surface area contributed by atoms with Crippen molar-refractivity contribution in [2.24, 2.45) is 0 Å². The largest absolute Gasteiger partial charge is 0.486 e. The number of ether oxygens (including phenoxy) is 2. The molecule has 1 saturated heterocycles. The van der Waals surface area contributed by atoms with Crippen molar-refractivity contribution in [3.05, 3.63) is 94.2 Å². The predicted octanol–water partition coefficient (Wildman–Crippen LogP) is 6.52. The Hall–Kier alpha value is -4.93. The average molecular weight is 718 g/mol. The van der Waals surface area contributed by atoms with Crippen molar-refractivity contribution in [3.63, 3.8) is 0 Å². The van der Waals surface area contributed by atoms with Crippen LogP contribution in [0.5, 0.6) is 5.75 Å². The Balaban J connectivity index is 0.00000139. The Bertz CT molecular complexity index is 2030. The standard InChI is InChI=1S/C32H27ClF5N7O2.CH2O2/c33-22-3-1-20(25(35)13-22)17-47-27-12-19(2-4-24(27)34)18-5-8-44(9-6-18)16-28-40-26-11-21(29-41-31(43-42-29)32(36,37)38)14-39-30(26)45(28)15-23-7-10-46-23;2-1-3/h1-5,11-14,23H,6-10,15-17H2,(H,41,42,43);1H,(H,2,3)/t23-;/m0./s1. The van der Waals surface area contributed by atoms with Gasteiger partial charge in [0.2, 0.25) is 5.82 Å². The van der Waals surface area contributed by atoms with Crippen LogP contribution in [-0.2, 0) is 35.4 Å². The Labute approximate surface area is 286 Å². The van der Waals surface area contributed by atoms with Gasteiger partial charge in [-0.25, -0.2) is 18.7 Å². The van der Waals surface area contributed by atoms with Crippen LogP contribution in [0.15, 0.2) is 54.7 Å². The van der Waals surface area contributed by atoms with Gasteiger partial charge in [0.25, 0.3) is 6.47 Å². The first-order valence-electron chi connectivity index (χ1n) is 15.3. The van der Waals surface area contributed by atoms with Crippen LogP contribution in [0.3, 0.4) is 0 Å². The molecule has 0 aliphatic carbocycles. The number of carbonyl (C=O) groups is 1. The van der Waals surface area contributed by atoms with E-state index >= 15 is 0 Å². The smallest absolute Gasteiger partial charge is 0.451 e. The number of hydrogen-bond acceptors (Lipinski definition) is 8. The van der Waals surface area contributed by atoms with Gasteiger partial charge in [-0.3, -0.25) is 9.69 Å². The maximum absolute atomic E-state index is 14.6. The van der Waals surface area contributed by atoms with E-state index in [9.17, 15) is 22.0 Å². The van der Waals surface area contributed by atoms with Crippen molar-refractivity contribution in [3.8, 4) is 17.1 Å². The minimum absolute atomic E-state index is 0.0233. The van der Waals surface area contributed by atoms with E-state index in [-0.39, 0.29) is 41.3 Å². The molecule has 7 rings (SSSR count). The van der Waals surface area contributed by atoms with Crippen molar-refractivity contribution in [2.75, 3.05) is 19.7 Å². The highest BCUT2D eigenvalue weighted by Crippen LogP contribution is 2.31. The third-order valence-electron chi connectivity index (χ3n) is 8.23. The van der Waals surface area contributed by atoms with Gasteiger partial charge in [-0.1, -0.05) is 29.8 Å². The van der Waals surface area contributed by atoms with Crippen LogP contribution in [-0.4, -0.2) is 72.0 Å². The molecule has 0 amide bonds. The normalized spacial score (nSPS) is 16.4. The number of aromatic nitrogens is 6. The molecule has 0 bridgehead atoms. The number of fused-ring (bicyclic) bond motifs is 1. The number of halogens is 6. The molecule has 50 heavy (non-hydrogen) atoms. The number of imidazole rings is 1. The summed E-state index contributed by atoms with van der Waals surface area (Å²) < 4.78 is 81.2. The second kappa shape index (κ2) is 14.9. The maximum atomic E-state index is 14.6. The number of rotatable bonds is 9. The Kier molecular flexibility index (Phi) is 10.4. The summed E-state index contributed by atoms with van der Waals surface area (Å²) in [6.45, 7) is 2.62. The number of hydrogen-bond donors (Lipinski definition) is 2. The number of nitrogens with one attached hydrogen (secondary N) is 1. The van der Waals surface area contributed by atoms with E-state index in [1.54, 1.807) is 24.3 Å². The van der Waals surface area contributed by atoms with Crippen LogP contribution < -0.4 is 4.74 Å². The van der Waals surface area contributed by atoms with E-state index in [4.69, 9.17) is 36.0 Å². The Morgan fingerprint density at radius 2 is 1.90 bits per heavy atom. The number of carboxylic acid groups (broad SMARTS) is 1. The molecule has 262 valence electrons. The van der Waals surface area contributed by atoms with Gasteiger partial charge in [-0.05, 0) is 54.3 Å². The number of benzene rings is 2. The molecule has 0 spiro atoms. The zero-order valence-corrected chi connectivity index (χ0v) is 26.9. The van der Waals surface area contributed by atoms with Crippen molar-refractivity contribution >= 4 is 34.8 Å². The third-order valence-corrected chi connectivity index (χ3v) is 8.47. The summed E-state index contributed by atoms with van der Waals surface area (Å²) in [5.41, 5.74) is 3.55. The summed E-state index contributed by atoms with van der Waals surface area (Å²) in [5.74, 6) is -1.53. The predicted molar refractivity (Wildman–Crippen MR) is 171 cm³/mol. The molecule has 2 aliphatic heterocycles. The van der Waals surface area contributed by atoms with Crippen LogP contribution in [0, 0.1) is 11.6 Å². The minimum atomic E-state index is -4.64. The first kappa shape index (κ1) is 34.9. The molecule has 1 fully saturated rings. The summed E-state index contributed by atoms with van der Waals surface area (Å²) in [7, 11) is 0. The molecule has 0 unspecified atom stereocenters. The van der Waals surface area contributed by atoms with Gasteiger partial charge in [0.1, 0.15) is 23.8 Å². The first-order chi connectivity index (χ1) is 24.0. The van der Waals surface area contributed by atoms with Gasteiger partial charge < -0.3 is 24.1 Å². The zero-order valence-electron chi connectivity index (χ0n) is 26.1. The van der Waals surface area contributed by atoms with Gasteiger partial charge >= 0.3 is 6.18 Å². The molecule has 11 nitrogen and oxygen atoms in total. The first-order valence-corrected chi connectivity index (χ1v) is 15.7. The fourth-order valence-corrected chi connectivity index (χ4v) is 5.74. The van der Waals surface area contributed by atoms with E-state index in [0.717, 1.165) is 23.4 Å². The molecule has 2 N–H and O–H groups in total. The summed E-state index contributed by atoms with van der Waals surface area (Å²) in [6, 6.07) is 10.5.